The molecule has 134 valence electrons. The molecule has 2 aromatic rings. The van der Waals surface area contributed by atoms with Gasteiger partial charge in [0.1, 0.15) is 5.75 Å². The summed E-state index contributed by atoms with van der Waals surface area (Å²) in [5, 5.41) is 2.80. The average molecular weight is 362 g/mol. The zero-order chi connectivity index (χ0) is 18.6. The number of amides is 1. The maximum absolute atomic E-state index is 12.6. The normalized spacial score (nSPS) is 11.0. The molecule has 2 rings (SSSR count). The minimum absolute atomic E-state index is 0.259. The van der Waals surface area contributed by atoms with Crippen LogP contribution in [0.15, 0.2) is 42.5 Å². The standard InChI is InChI=1S/C18H22N2O4S/c1-5-13-6-8-14(9-7-13)19-18(21)16-12-15(10-11-17(16)24-3)20(2)25(4,22)23/h6-12H,5H2,1-4H3,(H,19,21). The van der Waals surface area contributed by atoms with E-state index < -0.39 is 10.0 Å². The van der Waals surface area contributed by atoms with E-state index in [-0.39, 0.29) is 11.5 Å². The Morgan fingerprint density at radius 2 is 1.80 bits per heavy atom. The Bertz CT molecular complexity index is 861. The van der Waals surface area contributed by atoms with Gasteiger partial charge in [-0.2, -0.15) is 0 Å². The first-order valence-corrected chi connectivity index (χ1v) is 9.63. The highest BCUT2D eigenvalue weighted by Crippen LogP contribution is 2.26. The number of nitrogens with zero attached hydrogens (tertiary/aromatic N) is 1. The Morgan fingerprint density at radius 1 is 1.16 bits per heavy atom. The number of sulfonamides is 1. The van der Waals surface area contributed by atoms with Gasteiger partial charge in [-0.3, -0.25) is 9.10 Å². The molecule has 0 aliphatic heterocycles. The number of anilines is 2. The van der Waals surface area contributed by atoms with Gasteiger partial charge in [0.2, 0.25) is 10.0 Å². The first kappa shape index (κ1) is 18.8. The Labute approximate surface area is 148 Å². The van der Waals surface area contributed by atoms with Crippen molar-refractivity contribution in [1.82, 2.24) is 0 Å². The van der Waals surface area contributed by atoms with Crippen LogP contribution >= 0.6 is 0 Å². The lowest BCUT2D eigenvalue weighted by Crippen LogP contribution is -2.25. The fraction of sp³-hybridized carbons (Fsp3) is 0.278. The number of hydrogen-bond acceptors (Lipinski definition) is 4. The third-order valence-electron chi connectivity index (χ3n) is 3.91. The van der Waals surface area contributed by atoms with Crippen molar-refractivity contribution in [1.29, 1.82) is 0 Å². The molecule has 2 aromatic carbocycles. The minimum atomic E-state index is -3.42. The van der Waals surface area contributed by atoms with Gasteiger partial charge in [-0.1, -0.05) is 19.1 Å². The summed E-state index contributed by atoms with van der Waals surface area (Å²) in [4.78, 5) is 12.6. The minimum Gasteiger partial charge on any atom is -0.496 e. The first-order valence-electron chi connectivity index (χ1n) is 7.78. The second-order valence-electron chi connectivity index (χ2n) is 5.62. The van der Waals surface area contributed by atoms with E-state index in [2.05, 4.69) is 12.2 Å². The van der Waals surface area contributed by atoms with Gasteiger partial charge in [0.15, 0.2) is 0 Å². The molecule has 0 saturated carbocycles. The average Bonchev–Trinajstić information content (AvgIpc) is 2.60. The lowest BCUT2D eigenvalue weighted by atomic mass is 10.1. The highest BCUT2D eigenvalue weighted by molar-refractivity contribution is 7.92. The SMILES string of the molecule is CCc1ccc(NC(=O)c2cc(N(C)S(C)(=O)=O)ccc2OC)cc1. The number of nitrogens with one attached hydrogen (secondary N) is 1. The maximum Gasteiger partial charge on any atom is 0.259 e. The number of carbonyl (C=O) groups is 1. The summed E-state index contributed by atoms with van der Waals surface area (Å²) in [6.07, 6.45) is 2.02. The molecular formula is C18H22N2O4S. The highest BCUT2D eigenvalue weighted by atomic mass is 32.2. The van der Waals surface area contributed by atoms with E-state index in [1.165, 1.54) is 25.8 Å². The van der Waals surface area contributed by atoms with Crippen molar-refractivity contribution in [2.45, 2.75) is 13.3 Å². The summed E-state index contributed by atoms with van der Waals surface area (Å²) in [5.74, 6) is -0.00169. The molecule has 0 unspecified atom stereocenters. The van der Waals surface area contributed by atoms with Crippen molar-refractivity contribution in [3.05, 3.63) is 53.6 Å². The van der Waals surface area contributed by atoms with Crippen LogP contribution in [0.2, 0.25) is 0 Å². The fourth-order valence-electron chi connectivity index (χ4n) is 2.28. The van der Waals surface area contributed by atoms with E-state index in [0.717, 1.165) is 17.0 Å². The molecule has 7 heteroatoms. The number of benzene rings is 2. The van der Waals surface area contributed by atoms with E-state index in [0.29, 0.717) is 17.1 Å². The molecular weight excluding hydrogens is 340 g/mol. The van der Waals surface area contributed by atoms with Crippen LogP contribution in [-0.2, 0) is 16.4 Å². The predicted octanol–water partition coefficient (Wildman–Crippen LogP) is 2.91. The van der Waals surface area contributed by atoms with Gasteiger partial charge < -0.3 is 10.1 Å². The molecule has 0 heterocycles. The summed E-state index contributed by atoms with van der Waals surface area (Å²) in [6, 6.07) is 12.2. The van der Waals surface area contributed by atoms with E-state index in [1.54, 1.807) is 12.1 Å². The van der Waals surface area contributed by atoms with Gasteiger partial charge in [0.05, 0.1) is 24.6 Å². The number of carbonyl (C=O) groups excluding carboxylic acids is 1. The summed E-state index contributed by atoms with van der Waals surface area (Å²) in [5.41, 5.74) is 2.48. The molecule has 0 saturated heterocycles. The zero-order valence-corrected chi connectivity index (χ0v) is 15.6. The van der Waals surface area contributed by atoms with Gasteiger partial charge in [-0.15, -0.1) is 0 Å². The van der Waals surface area contributed by atoms with Crippen LogP contribution in [0.4, 0.5) is 11.4 Å². The van der Waals surface area contributed by atoms with Crippen LogP contribution in [0.5, 0.6) is 5.75 Å². The quantitative estimate of drug-likeness (QED) is 0.857. The van der Waals surface area contributed by atoms with Crippen molar-refractivity contribution in [2.24, 2.45) is 0 Å². The van der Waals surface area contributed by atoms with Crippen LogP contribution in [0.25, 0.3) is 0 Å². The van der Waals surface area contributed by atoms with Crippen molar-refractivity contribution in [3.63, 3.8) is 0 Å². The summed E-state index contributed by atoms with van der Waals surface area (Å²) in [7, 11) is -0.530. The molecule has 0 aliphatic carbocycles. The third-order valence-corrected chi connectivity index (χ3v) is 5.11. The Kier molecular flexibility index (Phi) is 5.69. The molecule has 0 radical (unpaired) electrons. The Morgan fingerprint density at radius 3 is 2.32 bits per heavy atom. The van der Waals surface area contributed by atoms with Crippen LogP contribution in [0.3, 0.4) is 0 Å². The van der Waals surface area contributed by atoms with Crippen LogP contribution in [0.1, 0.15) is 22.8 Å². The lowest BCUT2D eigenvalue weighted by Gasteiger charge is -2.18. The van der Waals surface area contributed by atoms with E-state index in [1.807, 2.05) is 24.3 Å². The van der Waals surface area contributed by atoms with Gasteiger partial charge in [-0.05, 0) is 42.3 Å². The molecule has 25 heavy (non-hydrogen) atoms. The maximum atomic E-state index is 12.6. The Balaban J connectivity index is 2.33. The zero-order valence-electron chi connectivity index (χ0n) is 14.7. The molecule has 0 bridgehead atoms. The van der Waals surface area contributed by atoms with E-state index >= 15 is 0 Å². The molecule has 1 amide bonds. The van der Waals surface area contributed by atoms with Gasteiger partial charge in [0.25, 0.3) is 5.91 Å². The third kappa shape index (κ3) is 4.51. The molecule has 0 fully saturated rings. The highest BCUT2D eigenvalue weighted by Gasteiger charge is 2.18. The fourth-order valence-corrected chi connectivity index (χ4v) is 2.78. The number of methoxy groups -OCH3 is 1. The second-order valence-corrected chi connectivity index (χ2v) is 7.63. The lowest BCUT2D eigenvalue weighted by molar-refractivity contribution is 0.102. The number of rotatable bonds is 6. The molecule has 0 atom stereocenters. The number of aryl methyl sites for hydroxylation is 1. The smallest absolute Gasteiger partial charge is 0.259 e. The molecule has 0 aromatic heterocycles. The van der Waals surface area contributed by atoms with Crippen LogP contribution in [0, 0.1) is 0 Å². The number of hydrogen-bond donors (Lipinski definition) is 1. The van der Waals surface area contributed by atoms with Gasteiger partial charge in [-0.25, -0.2) is 8.42 Å². The van der Waals surface area contributed by atoms with E-state index in [4.69, 9.17) is 4.74 Å². The Hall–Kier alpha value is -2.54. The monoisotopic (exact) mass is 362 g/mol. The molecule has 0 spiro atoms. The molecule has 6 nitrogen and oxygen atoms in total. The summed E-state index contributed by atoms with van der Waals surface area (Å²) in [6.45, 7) is 2.06. The topological polar surface area (TPSA) is 75.7 Å². The first-order chi connectivity index (χ1) is 11.8. The van der Waals surface area contributed by atoms with Crippen LogP contribution in [-0.4, -0.2) is 34.7 Å². The van der Waals surface area contributed by atoms with Crippen molar-refractivity contribution in [2.75, 3.05) is 30.0 Å². The predicted molar refractivity (Wildman–Crippen MR) is 100 cm³/mol. The number of ether oxygens (including phenoxy) is 1. The second kappa shape index (κ2) is 7.57. The van der Waals surface area contributed by atoms with Crippen molar-refractivity contribution < 1.29 is 17.9 Å². The van der Waals surface area contributed by atoms with Gasteiger partial charge in [0, 0.05) is 12.7 Å². The molecule has 0 aliphatic rings. The summed E-state index contributed by atoms with van der Waals surface area (Å²) >= 11 is 0. The van der Waals surface area contributed by atoms with Gasteiger partial charge >= 0.3 is 0 Å². The van der Waals surface area contributed by atoms with Crippen molar-refractivity contribution in [3.8, 4) is 5.75 Å². The van der Waals surface area contributed by atoms with Crippen LogP contribution < -0.4 is 14.4 Å². The summed E-state index contributed by atoms with van der Waals surface area (Å²) < 4.78 is 29.8. The molecule has 1 N–H and O–H groups in total. The van der Waals surface area contributed by atoms with Crippen molar-refractivity contribution >= 4 is 27.3 Å². The largest absolute Gasteiger partial charge is 0.496 e. The van der Waals surface area contributed by atoms with E-state index in [9.17, 15) is 13.2 Å².